The molecule has 0 radical (unpaired) electrons. The van der Waals surface area contributed by atoms with Gasteiger partial charge in [0.05, 0.1) is 21.8 Å². The van der Waals surface area contributed by atoms with Gasteiger partial charge in [-0.1, -0.05) is 108 Å². The molecule has 1 heterocycles. The van der Waals surface area contributed by atoms with Crippen molar-refractivity contribution in [2.75, 3.05) is 10.0 Å². The highest BCUT2D eigenvalue weighted by molar-refractivity contribution is 7.99. The van der Waals surface area contributed by atoms with Gasteiger partial charge in [-0.05, 0) is 42.8 Å². The summed E-state index contributed by atoms with van der Waals surface area (Å²) in [6.07, 6.45) is 0. The van der Waals surface area contributed by atoms with E-state index in [0.717, 1.165) is 22.1 Å². The predicted octanol–water partition coefficient (Wildman–Crippen LogP) is 8.60. The molecule has 0 fully saturated rings. The van der Waals surface area contributed by atoms with Crippen LogP contribution in [0.3, 0.4) is 0 Å². The van der Waals surface area contributed by atoms with Crippen molar-refractivity contribution in [3.8, 4) is 11.3 Å². The van der Waals surface area contributed by atoms with Gasteiger partial charge < -0.3 is 5.32 Å². The van der Waals surface area contributed by atoms with Crippen LogP contribution in [0.1, 0.15) is 21.5 Å². The van der Waals surface area contributed by atoms with E-state index in [-0.39, 0.29) is 21.4 Å². The maximum absolute atomic E-state index is 14.1. The van der Waals surface area contributed by atoms with Crippen molar-refractivity contribution in [2.24, 2.45) is 0 Å². The second-order valence-corrected chi connectivity index (χ2v) is 13.3. The lowest BCUT2D eigenvalue weighted by atomic mass is 10.1. The Labute approximate surface area is 270 Å². The molecule has 2 N–H and O–H groups in total. The molecule has 0 saturated carbocycles. The van der Waals surface area contributed by atoms with Gasteiger partial charge in [-0.25, -0.2) is 23.1 Å². The SMILES string of the molecule is Cc1ccc(NC(=O)c2cc(S(=O)(=O)Nc3nc(-c4ccccc4)c4ccccc4n3)c(SCc3ccccc3)cc2Cl)cc1. The first-order valence-corrected chi connectivity index (χ1v) is 16.8. The summed E-state index contributed by atoms with van der Waals surface area (Å²) in [5.74, 6) is -0.139. The molecule has 224 valence electrons. The Morgan fingerprint density at radius 3 is 2.22 bits per heavy atom. The zero-order chi connectivity index (χ0) is 31.4. The quantitative estimate of drug-likeness (QED) is 0.152. The van der Waals surface area contributed by atoms with E-state index in [0.29, 0.717) is 27.5 Å². The maximum atomic E-state index is 14.1. The van der Waals surface area contributed by atoms with E-state index in [2.05, 4.69) is 20.0 Å². The van der Waals surface area contributed by atoms with Crippen molar-refractivity contribution >= 4 is 61.8 Å². The predicted molar refractivity (Wildman–Crippen MR) is 182 cm³/mol. The molecule has 7 nitrogen and oxygen atoms in total. The van der Waals surface area contributed by atoms with Crippen LogP contribution in [0.5, 0.6) is 0 Å². The topological polar surface area (TPSA) is 101 Å². The minimum atomic E-state index is -4.30. The number of aromatic nitrogens is 2. The molecule has 0 aliphatic carbocycles. The number of rotatable bonds is 9. The van der Waals surface area contributed by atoms with Gasteiger partial charge >= 0.3 is 0 Å². The third-order valence-electron chi connectivity index (χ3n) is 6.99. The summed E-state index contributed by atoms with van der Waals surface area (Å²) in [4.78, 5) is 22.8. The van der Waals surface area contributed by atoms with Crippen LogP contribution >= 0.6 is 23.4 Å². The van der Waals surface area contributed by atoms with Crippen LogP contribution in [-0.2, 0) is 15.8 Å². The van der Waals surface area contributed by atoms with Crippen LogP contribution in [0.2, 0.25) is 5.02 Å². The first kappa shape index (κ1) is 30.3. The number of nitrogens with zero attached hydrogens (tertiary/aromatic N) is 2. The number of hydrogen-bond donors (Lipinski definition) is 2. The number of fused-ring (bicyclic) bond motifs is 1. The molecule has 6 aromatic rings. The van der Waals surface area contributed by atoms with Crippen molar-refractivity contribution in [1.82, 2.24) is 9.97 Å². The number of sulfonamides is 1. The molecule has 10 heteroatoms. The minimum Gasteiger partial charge on any atom is -0.322 e. The molecular formula is C35H27ClN4O3S2. The summed E-state index contributed by atoms with van der Waals surface area (Å²) in [7, 11) is -4.30. The Bertz CT molecular complexity index is 2110. The molecule has 6 rings (SSSR count). The van der Waals surface area contributed by atoms with Crippen molar-refractivity contribution in [2.45, 2.75) is 22.5 Å². The molecule has 0 aliphatic rings. The van der Waals surface area contributed by atoms with Crippen LogP contribution in [0.25, 0.3) is 22.2 Å². The van der Waals surface area contributed by atoms with Gasteiger partial charge in [0, 0.05) is 27.3 Å². The Hall–Kier alpha value is -4.70. The summed E-state index contributed by atoms with van der Waals surface area (Å²) in [6.45, 7) is 1.94. The molecule has 0 bridgehead atoms. The normalized spacial score (nSPS) is 11.3. The Balaban J connectivity index is 1.41. The van der Waals surface area contributed by atoms with Gasteiger partial charge in [0.2, 0.25) is 5.95 Å². The molecular weight excluding hydrogens is 624 g/mol. The Kier molecular flexibility index (Phi) is 8.84. The second-order valence-electron chi connectivity index (χ2n) is 10.3. The largest absolute Gasteiger partial charge is 0.322 e. The van der Waals surface area contributed by atoms with Gasteiger partial charge in [0.1, 0.15) is 4.90 Å². The van der Waals surface area contributed by atoms with Crippen LogP contribution < -0.4 is 10.0 Å². The fraction of sp³-hybridized carbons (Fsp3) is 0.0571. The average Bonchev–Trinajstić information content (AvgIpc) is 3.05. The molecule has 1 aromatic heterocycles. The lowest BCUT2D eigenvalue weighted by Gasteiger charge is -2.16. The monoisotopic (exact) mass is 650 g/mol. The molecule has 1 amide bonds. The van der Waals surface area contributed by atoms with Crippen molar-refractivity contribution in [1.29, 1.82) is 0 Å². The smallest absolute Gasteiger partial charge is 0.265 e. The van der Waals surface area contributed by atoms with E-state index in [4.69, 9.17) is 11.6 Å². The third kappa shape index (κ3) is 7.01. The number of benzene rings is 5. The van der Waals surface area contributed by atoms with Gasteiger partial charge in [-0.3, -0.25) is 4.79 Å². The van der Waals surface area contributed by atoms with Crippen LogP contribution in [0, 0.1) is 6.92 Å². The Morgan fingerprint density at radius 1 is 0.822 bits per heavy atom. The lowest BCUT2D eigenvalue weighted by Crippen LogP contribution is -2.19. The highest BCUT2D eigenvalue weighted by Crippen LogP contribution is 2.36. The molecule has 0 aliphatic heterocycles. The second kappa shape index (κ2) is 13.1. The van der Waals surface area contributed by atoms with Gasteiger partial charge in [-0.2, -0.15) is 0 Å². The fourth-order valence-electron chi connectivity index (χ4n) is 4.72. The zero-order valence-corrected chi connectivity index (χ0v) is 26.5. The van der Waals surface area contributed by atoms with Gasteiger partial charge in [-0.15, -0.1) is 11.8 Å². The summed E-state index contributed by atoms with van der Waals surface area (Å²) in [5.41, 5.74) is 4.61. The van der Waals surface area contributed by atoms with E-state index in [9.17, 15) is 13.2 Å². The number of hydrogen-bond acceptors (Lipinski definition) is 6. The summed E-state index contributed by atoms with van der Waals surface area (Å²) < 4.78 is 30.8. The first-order valence-electron chi connectivity index (χ1n) is 14.0. The number of carbonyl (C=O) groups is 1. The number of halogens is 1. The molecule has 0 unspecified atom stereocenters. The average molecular weight is 651 g/mol. The number of thioether (sulfide) groups is 1. The number of nitrogens with one attached hydrogen (secondary N) is 2. The van der Waals surface area contributed by atoms with Crippen LogP contribution in [-0.4, -0.2) is 24.3 Å². The fourth-order valence-corrected chi connectivity index (χ4v) is 7.49. The standard InChI is InChI=1S/C35H27ClN4O3S2/c1-23-16-18-26(19-17-23)37-34(41)28-20-32(31(21-29(28)36)44-22-24-10-4-2-5-11-24)45(42,43)40-35-38-30-15-9-8-14-27(30)33(39-35)25-12-6-3-7-13-25/h2-21H,22H2,1H3,(H,37,41)(H,38,39,40). The minimum absolute atomic E-state index is 0.0195. The highest BCUT2D eigenvalue weighted by Gasteiger charge is 2.25. The van der Waals surface area contributed by atoms with Gasteiger partial charge in [0.25, 0.3) is 15.9 Å². The third-order valence-corrected chi connectivity index (χ3v) is 9.93. The van der Waals surface area contributed by atoms with Crippen molar-refractivity contribution < 1.29 is 13.2 Å². The molecule has 0 saturated heterocycles. The number of carbonyl (C=O) groups excluding carboxylic acids is 1. The molecule has 0 atom stereocenters. The molecule has 45 heavy (non-hydrogen) atoms. The van der Waals surface area contributed by atoms with Gasteiger partial charge in [0.15, 0.2) is 0 Å². The Morgan fingerprint density at radius 2 is 1.49 bits per heavy atom. The number of anilines is 2. The molecule has 0 spiro atoms. The zero-order valence-electron chi connectivity index (χ0n) is 24.1. The van der Waals surface area contributed by atoms with Crippen LogP contribution in [0.4, 0.5) is 11.6 Å². The highest BCUT2D eigenvalue weighted by atomic mass is 35.5. The van der Waals surface area contributed by atoms with E-state index in [1.165, 1.54) is 23.9 Å². The van der Waals surface area contributed by atoms with E-state index in [1.54, 1.807) is 18.2 Å². The van der Waals surface area contributed by atoms with E-state index >= 15 is 0 Å². The first-order chi connectivity index (χ1) is 21.8. The van der Waals surface area contributed by atoms with Crippen molar-refractivity contribution in [3.05, 3.63) is 143 Å². The number of para-hydroxylation sites is 1. The lowest BCUT2D eigenvalue weighted by molar-refractivity contribution is 0.102. The van der Waals surface area contributed by atoms with E-state index < -0.39 is 15.9 Å². The van der Waals surface area contributed by atoms with Crippen LogP contribution in [0.15, 0.2) is 131 Å². The maximum Gasteiger partial charge on any atom is 0.265 e. The summed E-state index contributed by atoms with van der Waals surface area (Å²) in [6, 6.07) is 36.7. The molecule has 5 aromatic carbocycles. The summed E-state index contributed by atoms with van der Waals surface area (Å²) in [5, 5.41) is 3.72. The summed E-state index contributed by atoms with van der Waals surface area (Å²) >= 11 is 7.92. The number of amides is 1. The number of aryl methyl sites for hydroxylation is 1. The van der Waals surface area contributed by atoms with Crippen molar-refractivity contribution in [3.63, 3.8) is 0 Å². The van der Waals surface area contributed by atoms with E-state index in [1.807, 2.05) is 97.9 Å².